The molecule has 2 aromatic rings. The van der Waals surface area contributed by atoms with Gasteiger partial charge in [-0.3, -0.25) is 5.84 Å². The van der Waals surface area contributed by atoms with Gasteiger partial charge in [0.25, 0.3) is 0 Å². The van der Waals surface area contributed by atoms with Crippen LogP contribution in [0, 0.1) is 0 Å². The molecule has 0 spiro atoms. The number of hydrogen-bond donors (Lipinski definition) is 2. The molecule has 1 aromatic carbocycles. The van der Waals surface area contributed by atoms with Gasteiger partial charge in [-0.15, -0.1) is 0 Å². The van der Waals surface area contributed by atoms with Crippen molar-refractivity contribution in [2.75, 3.05) is 6.26 Å². The van der Waals surface area contributed by atoms with E-state index in [9.17, 15) is 8.42 Å². The molecule has 1 atom stereocenters. The molecule has 3 N–H and O–H groups in total. The number of aryl methyl sites for hydroxylation is 1. The van der Waals surface area contributed by atoms with Gasteiger partial charge >= 0.3 is 0 Å². The molecule has 2 rings (SSSR count). The van der Waals surface area contributed by atoms with Gasteiger partial charge in [0.15, 0.2) is 9.84 Å². The fourth-order valence-electron chi connectivity index (χ4n) is 2.09. The predicted octanol–water partition coefficient (Wildman–Crippen LogP) is 0.859. The second-order valence-electron chi connectivity index (χ2n) is 4.52. The minimum atomic E-state index is -3.25. The Morgan fingerprint density at radius 2 is 2.20 bits per heavy atom. The SMILES string of the molecule is CCn1ccnc1C(NN)c1cccc(S(C)(=O)=O)c1. The maximum Gasteiger partial charge on any atom is 0.175 e. The van der Waals surface area contributed by atoms with Crippen molar-refractivity contribution in [2.45, 2.75) is 24.4 Å². The molecular weight excluding hydrogens is 276 g/mol. The largest absolute Gasteiger partial charge is 0.334 e. The lowest BCUT2D eigenvalue weighted by Crippen LogP contribution is -2.31. The molecule has 0 aliphatic carbocycles. The molecule has 0 amide bonds. The number of rotatable bonds is 5. The van der Waals surface area contributed by atoms with Crippen LogP contribution in [-0.2, 0) is 16.4 Å². The van der Waals surface area contributed by atoms with Crippen molar-refractivity contribution in [3.63, 3.8) is 0 Å². The van der Waals surface area contributed by atoms with Crippen LogP contribution in [0.4, 0.5) is 0 Å². The zero-order valence-electron chi connectivity index (χ0n) is 11.4. The third-order valence-corrected chi connectivity index (χ3v) is 4.24. The van der Waals surface area contributed by atoms with Crippen LogP contribution in [0.25, 0.3) is 0 Å². The number of hydrogen-bond acceptors (Lipinski definition) is 5. The second-order valence-corrected chi connectivity index (χ2v) is 6.53. The lowest BCUT2D eigenvalue weighted by atomic mass is 10.1. The van der Waals surface area contributed by atoms with Crippen molar-refractivity contribution < 1.29 is 8.42 Å². The standard InChI is InChI=1S/C13H18N4O2S/c1-3-17-8-7-15-13(17)12(16-14)10-5-4-6-11(9-10)20(2,18)19/h4-9,12,16H,3,14H2,1-2H3. The minimum Gasteiger partial charge on any atom is -0.334 e. The highest BCUT2D eigenvalue weighted by Crippen LogP contribution is 2.22. The molecule has 0 radical (unpaired) electrons. The molecule has 20 heavy (non-hydrogen) atoms. The second kappa shape index (κ2) is 5.74. The Labute approximate surface area is 118 Å². The van der Waals surface area contributed by atoms with E-state index in [1.807, 2.05) is 23.8 Å². The number of nitrogens with two attached hydrogens (primary N) is 1. The van der Waals surface area contributed by atoms with E-state index in [0.717, 1.165) is 17.9 Å². The van der Waals surface area contributed by atoms with Crippen LogP contribution in [0.2, 0.25) is 0 Å². The quantitative estimate of drug-likeness (QED) is 0.630. The summed E-state index contributed by atoms with van der Waals surface area (Å²) in [5, 5.41) is 0. The summed E-state index contributed by atoms with van der Waals surface area (Å²) in [5.41, 5.74) is 3.46. The smallest absolute Gasteiger partial charge is 0.175 e. The minimum absolute atomic E-state index is 0.268. The Morgan fingerprint density at radius 1 is 1.45 bits per heavy atom. The fourth-order valence-corrected chi connectivity index (χ4v) is 2.77. The molecule has 0 aliphatic heterocycles. The monoisotopic (exact) mass is 294 g/mol. The van der Waals surface area contributed by atoms with E-state index < -0.39 is 9.84 Å². The van der Waals surface area contributed by atoms with Gasteiger partial charge < -0.3 is 4.57 Å². The lowest BCUT2D eigenvalue weighted by molar-refractivity contribution is 0.559. The van der Waals surface area contributed by atoms with Gasteiger partial charge in [0.05, 0.1) is 4.90 Å². The van der Waals surface area contributed by atoms with Crippen LogP contribution in [0.1, 0.15) is 24.4 Å². The maximum absolute atomic E-state index is 11.6. The van der Waals surface area contributed by atoms with Crippen LogP contribution >= 0.6 is 0 Å². The normalized spacial score (nSPS) is 13.3. The number of imidazole rings is 1. The van der Waals surface area contributed by atoms with Gasteiger partial charge in [-0.1, -0.05) is 12.1 Å². The highest BCUT2D eigenvalue weighted by atomic mass is 32.2. The van der Waals surface area contributed by atoms with Gasteiger partial charge in [-0.25, -0.2) is 18.8 Å². The zero-order valence-corrected chi connectivity index (χ0v) is 12.3. The van der Waals surface area contributed by atoms with E-state index in [1.54, 1.807) is 24.4 Å². The van der Waals surface area contributed by atoms with Crippen molar-refractivity contribution >= 4 is 9.84 Å². The summed E-state index contributed by atoms with van der Waals surface area (Å²) in [5.74, 6) is 6.38. The predicted molar refractivity (Wildman–Crippen MR) is 76.6 cm³/mol. The molecule has 0 aliphatic rings. The third kappa shape index (κ3) is 2.90. The van der Waals surface area contributed by atoms with E-state index in [-0.39, 0.29) is 10.9 Å². The van der Waals surface area contributed by atoms with Gasteiger partial charge in [0.1, 0.15) is 11.9 Å². The van der Waals surface area contributed by atoms with Crippen molar-refractivity contribution in [2.24, 2.45) is 5.84 Å². The van der Waals surface area contributed by atoms with Crippen molar-refractivity contribution in [1.82, 2.24) is 15.0 Å². The van der Waals surface area contributed by atoms with Crippen LogP contribution in [-0.4, -0.2) is 24.2 Å². The molecule has 1 heterocycles. The Bertz CT molecular complexity index is 694. The summed E-state index contributed by atoms with van der Waals surface area (Å²) in [6, 6.07) is 6.36. The van der Waals surface area contributed by atoms with Crippen molar-refractivity contribution in [3.8, 4) is 0 Å². The summed E-state index contributed by atoms with van der Waals surface area (Å²) >= 11 is 0. The van der Waals surface area contributed by atoms with Crippen LogP contribution in [0.5, 0.6) is 0 Å². The molecular formula is C13H18N4O2S. The number of nitrogens with zero attached hydrogens (tertiary/aromatic N) is 2. The van der Waals surface area contributed by atoms with Gasteiger partial charge in [-0.2, -0.15) is 0 Å². The van der Waals surface area contributed by atoms with Crippen molar-refractivity contribution in [1.29, 1.82) is 0 Å². The molecule has 6 nitrogen and oxygen atoms in total. The van der Waals surface area contributed by atoms with Gasteiger partial charge in [-0.05, 0) is 24.6 Å². The Morgan fingerprint density at radius 3 is 2.80 bits per heavy atom. The first-order chi connectivity index (χ1) is 9.47. The van der Waals surface area contributed by atoms with Crippen LogP contribution < -0.4 is 11.3 Å². The Balaban J connectivity index is 2.48. The van der Waals surface area contributed by atoms with Crippen LogP contribution in [0.15, 0.2) is 41.6 Å². The molecule has 0 saturated heterocycles. The number of sulfone groups is 1. The highest BCUT2D eigenvalue weighted by Gasteiger charge is 2.19. The molecule has 1 aromatic heterocycles. The van der Waals surface area contributed by atoms with E-state index in [1.165, 1.54) is 6.26 Å². The molecule has 0 saturated carbocycles. The highest BCUT2D eigenvalue weighted by molar-refractivity contribution is 7.90. The van der Waals surface area contributed by atoms with Gasteiger partial charge in [0, 0.05) is 25.2 Å². The summed E-state index contributed by atoms with van der Waals surface area (Å²) in [6.07, 6.45) is 4.74. The first kappa shape index (κ1) is 14.7. The van der Waals surface area contributed by atoms with E-state index >= 15 is 0 Å². The molecule has 7 heteroatoms. The molecule has 0 fully saturated rings. The van der Waals surface area contributed by atoms with E-state index in [2.05, 4.69) is 10.4 Å². The fraction of sp³-hybridized carbons (Fsp3) is 0.308. The summed E-state index contributed by atoms with van der Waals surface area (Å²) in [7, 11) is -3.25. The number of nitrogens with one attached hydrogen (secondary N) is 1. The number of hydrazine groups is 1. The topological polar surface area (TPSA) is 90.0 Å². The molecule has 0 bridgehead atoms. The Hall–Kier alpha value is -1.70. The number of benzene rings is 1. The van der Waals surface area contributed by atoms with Crippen molar-refractivity contribution in [3.05, 3.63) is 48.0 Å². The van der Waals surface area contributed by atoms with Gasteiger partial charge in [0.2, 0.25) is 0 Å². The molecule has 1 unspecified atom stereocenters. The average molecular weight is 294 g/mol. The average Bonchev–Trinajstić information content (AvgIpc) is 2.87. The zero-order chi connectivity index (χ0) is 14.8. The van der Waals surface area contributed by atoms with E-state index in [0.29, 0.717) is 0 Å². The summed E-state index contributed by atoms with van der Waals surface area (Å²) < 4.78 is 25.2. The first-order valence-electron chi connectivity index (χ1n) is 6.24. The van der Waals surface area contributed by atoms with Crippen LogP contribution in [0.3, 0.4) is 0 Å². The van der Waals surface area contributed by atoms with E-state index in [4.69, 9.17) is 5.84 Å². The lowest BCUT2D eigenvalue weighted by Gasteiger charge is -2.17. The third-order valence-electron chi connectivity index (χ3n) is 3.13. The Kier molecular flexibility index (Phi) is 4.22. The first-order valence-corrected chi connectivity index (χ1v) is 8.13. The summed E-state index contributed by atoms with van der Waals surface area (Å²) in [4.78, 5) is 4.57. The number of aromatic nitrogens is 2. The maximum atomic E-state index is 11.6. The molecule has 108 valence electrons. The summed E-state index contributed by atoms with van der Waals surface area (Å²) in [6.45, 7) is 2.77.